The maximum atomic E-state index is 11.2. The Hall–Kier alpha value is -1.34. The lowest BCUT2D eigenvalue weighted by Crippen LogP contribution is -2.11. The predicted molar refractivity (Wildman–Crippen MR) is 53.3 cm³/mol. The number of allylic oxidation sites excluding steroid dienone is 1. The summed E-state index contributed by atoms with van der Waals surface area (Å²) >= 11 is 3.09. The maximum absolute atomic E-state index is 11.2. The van der Waals surface area contributed by atoms with Crippen LogP contribution in [0.3, 0.4) is 0 Å². The Balaban J connectivity index is 3.32. The lowest BCUT2D eigenvalue weighted by molar-refractivity contribution is 0.805. The molecule has 0 bridgehead atoms. The largest absolute Gasteiger partial charge is 0.348 e. The maximum Gasteiger partial charge on any atom is 0.213 e. The second-order valence-corrected chi connectivity index (χ2v) is 3.30. The number of nitriles is 1. The van der Waals surface area contributed by atoms with Crippen molar-refractivity contribution in [3.8, 4) is 6.07 Å². The van der Waals surface area contributed by atoms with Crippen molar-refractivity contribution in [2.75, 3.05) is 0 Å². The average Bonchev–Trinajstić information content (AvgIpc) is 2.11. The third-order valence-corrected chi connectivity index (χ3v) is 2.06. The minimum Gasteiger partial charge on any atom is -0.348 e. The summed E-state index contributed by atoms with van der Waals surface area (Å²) in [4.78, 5) is 11.2. The molecule has 66 valence electrons. The van der Waals surface area contributed by atoms with Crippen LogP contribution in [0.5, 0.6) is 0 Å². The molecule has 0 aliphatic heterocycles. The van der Waals surface area contributed by atoms with E-state index in [1.807, 2.05) is 6.07 Å². The van der Waals surface area contributed by atoms with Crippen LogP contribution >= 0.6 is 15.9 Å². The first kappa shape index (κ1) is 9.75. The summed E-state index contributed by atoms with van der Waals surface area (Å²) in [5.41, 5.74) is -0.140. The minimum atomic E-state index is -0.275. The zero-order valence-corrected chi connectivity index (χ0v) is 8.41. The molecule has 0 saturated carbocycles. The van der Waals surface area contributed by atoms with Crippen LogP contribution in [0.25, 0.3) is 0 Å². The summed E-state index contributed by atoms with van der Waals surface area (Å²) in [6, 6.07) is 1.84. The van der Waals surface area contributed by atoms with Gasteiger partial charge >= 0.3 is 0 Å². The number of rotatable bonds is 2. The molecule has 0 saturated heterocycles. The molecule has 1 aromatic rings. The molecule has 0 N–H and O–H groups in total. The van der Waals surface area contributed by atoms with Crippen molar-refractivity contribution in [1.82, 2.24) is 4.57 Å². The quantitative estimate of drug-likeness (QED) is 0.737. The lowest BCUT2D eigenvalue weighted by atomic mass is 10.3. The monoisotopic (exact) mass is 238 g/mol. The van der Waals surface area contributed by atoms with E-state index in [9.17, 15) is 4.79 Å². The zero-order valence-electron chi connectivity index (χ0n) is 6.83. The smallest absolute Gasteiger partial charge is 0.213 e. The van der Waals surface area contributed by atoms with Crippen molar-refractivity contribution in [3.05, 3.63) is 45.3 Å². The zero-order chi connectivity index (χ0) is 9.84. The van der Waals surface area contributed by atoms with Gasteiger partial charge in [0.1, 0.15) is 11.6 Å². The molecule has 0 radical (unpaired) electrons. The summed E-state index contributed by atoms with van der Waals surface area (Å²) in [6.45, 7) is 4.14. The summed E-state index contributed by atoms with van der Waals surface area (Å²) in [6.07, 6.45) is 4.83. The normalized spacial score (nSPS) is 9.23. The van der Waals surface area contributed by atoms with E-state index in [4.69, 9.17) is 5.26 Å². The Morgan fingerprint density at radius 2 is 2.38 bits per heavy atom. The van der Waals surface area contributed by atoms with Gasteiger partial charge in [0.2, 0.25) is 5.43 Å². The van der Waals surface area contributed by atoms with Gasteiger partial charge in [0.05, 0.1) is 4.47 Å². The SMILES string of the molecule is C=CCn1cc(Br)c(=O)c(C#N)c1. The molecule has 1 rings (SSSR count). The molecule has 0 unspecified atom stereocenters. The molecule has 0 aromatic carbocycles. The van der Waals surface area contributed by atoms with Crippen LogP contribution in [0, 0.1) is 11.3 Å². The fourth-order valence-corrected chi connectivity index (χ4v) is 1.41. The van der Waals surface area contributed by atoms with Gasteiger partial charge in [-0.1, -0.05) is 6.08 Å². The number of pyridine rings is 1. The molecule has 0 spiro atoms. The van der Waals surface area contributed by atoms with Crippen LogP contribution in [0.2, 0.25) is 0 Å². The van der Waals surface area contributed by atoms with Crippen molar-refractivity contribution in [3.63, 3.8) is 0 Å². The highest BCUT2D eigenvalue weighted by Crippen LogP contribution is 2.04. The topological polar surface area (TPSA) is 45.8 Å². The Morgan fingerprint density at radius 1 is 1.69 bits per heavy atom. The van der Waals surface area contributed by atoms with Gasteiger partial charge in [0.25, 0.3) is 0 Å². The summed E-state index contributed by atoms with van der Waals surface area (Å²) in [5.74, 6) is 0. The van der Waals surface area contributed by atoms with E-state index < -0.39 is 0 Å². The summed E-state index contributed by atoms with van der Waals surface area (Å²) < 4.78 is 2.12. The molecule has 1 aromatic heterocycles. The first-order valence-corrected chi connectivity index (χ1v) is 4.39. The Kier molecular flexibility index (Phi) is 3.04. The number of nitrogens with zero attached hydrogens (tertiary/aromatic N) is 2. The van der Waals surface area contributed by atoms with E-state index in [0.717, 1.165) is 0 Å². The van der Waals surface area contributed by atoms with Crippen LogP contribution in [0.4, 0.5) is 0 Å². The van der Waals surface area contributed by atoms with Gasteiger partial charge in [-0.3, -0.25) is 4.79 Å². The molecule has 0 aliphatic rings. The highest BCUT2D eigenvalue weighted by atomic mass is 79.9. The lowest BCUT2D eigenvalue weighted by Gasteiger charge is -2.02. The van der Waals surface area contributed by atoms with E-state index >= 15 is 0 Å². The second kappa shape index (κ2) is 4.06. The molecule has 0 fully saturated rings. The molecule has 4 heteroatoms. The fourth-order valence-electron chi connectivity index (χ4n) is 0.929. The minimum absolute atomic E-state index is 0.135. The van der Waals surface area contributed by atoms with Gasteiger partial charge in [-0.05, 0) is 15.9 Å². The molecule has 13 heavy (non-hydrogen) atoms. The highest BCUT2D eigenvalue weighted by Gasteiger charge is 2.03. The second-order valence-electron chi connectivity index (χ2n) is 2.45. The van der Waals surface area contributed by atoms with Crippen LogP contribution in [-0.4, -0.2) is 4.57 Å². The van der Waals surface area contributed by atoms with E-state index in [1.54, 1.807) is 16.8 Å². The van der Waals surface area contributed by atoms with E-state index in [1.165, 1.54) is 6.20 Å². The fraction of sp³-hybridized carbons (Fsp3) is 0.111. The van der Waals surface area contributed by atoms with E-state index in [-0.39, 0.29) is 11.0 Å². The van der Waals surface area contributed by atoms with Gasteiger partial charge in [-0.2, -0.15) is 5.26 Å². The number of halogens is 1. The number of hydrogen-bond acceptors (Lipinski definition) is 2. The number of hydrogen-bond donors (Lipinski definition) is 0. The standard InChI is InChI=1S/C9H7BrN2O/c1-2-3-12-5-7(4-11)9(13)8(10)6-12/h2,5-6H,1,3H2. The average molecular weight is 239 g/mol. The highest BCUT2D eigenvalue weighted by molar-refractivity contribution is 9.10. The molecule has 1 heterocycles. The summed E-state index contributed by atoms with van der Waals surface area (Å²) in [5, 5.41) is 8.63. The van der Waals surface area contributed by atoms with Crippen LogP contribution in [-0.2, 0) is 6.54 Å². The van der Waals surface area contributed by atoms with Crippen LogP contribution in [0.15, 0.2) is 34.3 Å². The molecular formula is C9H7BrN2O. The Labute approximate surface area is 84.1 Å². The molecule has 3 nitrogen and oxygen atoms in total. The third-order valence-electron chi connectivity index (χ3n) is 1.50. The van der Waals surface area contributed by atoms with Crippen molar-refractivity contribution in [1.29, 1.82) is 5.26 Å². The summed E-state index contributed by atoms with van der Waals surface area (Å²) in [7, 11) is 0. The predicted octanol–water partition coefficient (Wildman–Crippen LogP) is 1.67. The van der Waals surface area contributed by atoms with Gasteiger partial charge < -0.3 is 4.57 Å². The van der Waals surface area contributed by atoms with E-state index in [0.29, 0.717) is 11.0 Å². The first-order valence-electron chi connectivity index (χ1n) is 3.59. The first-order chi connectivity index (χ1) is 6.19. The molecular weight excluding hydrogens is 232 g/mol. The number of aromatic nitrogens is 1. The van der Waals surface area contributed by atoms with Crippen molar-refractivity contribution in [2.24, 2.45) is 0 Å². The van der Waals surface area contributed by atoms with Crippen molar-refractivity contribution >= 4 is 15.9 Å². The molecule has 0 amide bonds. The van der Waals surface area contributed by atoms with Crippen molar-refractivity contribution in [2.45, 2.75) is 6.54 Å². The molecule has 0 atom stereocenters. The Morgan fingerprint density at radius 3 is 2.92 bits per heavy atom. The van der Waals surface area contributed by atoms with E-state index in [2.05, 4.69) is 22.5 Å². The third kappa shape index (κ3) is 2.07. The van der Waals surface area contributed by atoms with Crippen molar-refractivity contribution < 1.29 is 0 Å². The molecule has 0 aliphatic carbocycles. The van der Waals surface area contributed by atoms with Crippen LogP contribution < -0.4 is 5.43 Å². The van der Waals surface area contributed by atoms with Gasteiger partial charge in [0, 0.05) is 18.9 Å². The Bertz CT molecular complexity index is 428. The van der Waals surface area contributed by atoms with Gasteiger partial charge in [0.15, 0.2) is 0 Å². The van der Waals surface area contributed by atoms with Gasteiger partial charge in [-0.25, -0.2) is 0 Å². The van der Waals surface area contributed by atoms with Gasteiger partial charge in [-0.15, -0.1) is 6.58 Å². The van der Waals surface area contributed by atoms with Crippen LogP contribution in [0.1, 0.15) is 5.56 Å².